The summed E-state index contributed by atoms with van der Waals surface area (Å²) < 4.78 is 26.4. The van der Waals surface area contributed by atoms with Crippen LogP contribution in [0.5, 0.6) is 11.5 Å². The molecule has 3 aromatic carbocycles. The first-order valence-corrected chi connectivity index (χ1v) is 14.5. The smallest absolute Gasteiger partial charge is 0.303 e. The van der Waals surface area contributed by atoms with Crippen molar-refractivity contribution in [3.8, 4) is 22.6 Å². The van der Waals surface area contributed by atoms with Gasteiger partial charge in [0.1, 0.15) is 23.9 Å². The van der Waals surface area contributed by atoms with E-state index in [1.165, 1.54) is 31.7 Å². The van der Waals surface area contributed by atoms with E-state index in [2.05, 4.69) is 24.8 Å². The largest absolute Gasteiger partial charge is 0.497 e. The van der Waals surface area contributed by atoms with Crippen LogP contribution in [-0.4, -0.2) is 35.2 Å². The van der Waals surface area contributed by atoms with Gasteiger partial charge in [-0.3, -0.25) is 9.69 Å². The summed E-state index contributed by atoms with van der Waals surface area (Å²) in [5.41, 5.74) is 4.38. The minimum absolute atomic E-state index is 0.0858. The maximum absolute atomic E-state index is 15.0. The summed E-state index contributed by atoms with van der Waals surface area (Å²) in [6, 6.07) is 19.4. The molecule has 2 atom stereocenters. The number of halogens is 1. The number of likely N-dealkylation sites (tertiary alicyclic amines) is 1. The van der Waals surface area contributed by atoms with Crippen molar-refractivity contribution in [3.05, 3.63) is 83.2 Å². The number of benzene rings is 3. The standard InChI is InChI=1S/C31H36FNO4.C3H6/c1-21-6-4-7-22(2)33(21)19-25-16-24(10-13-28(25)29-18-26(36-3)12-14-30(29)32)20-37-27-9-5-8-23(17-27)11-15-31(34)35;1-2-3-1/h5,8-10,12-14,16-18,21-22H,4,6-7,11,15,19-20H2,1-3H3,(H,34,35);1-3H2. The summed E-state index contributed by atoms with van der Waals surface area (Å²) in [4.78, 5) is 13.4. The first-order valence-electron chi connectivity index (χ1n) is 14.5. The molecule has 1 aliphatic carbocycles. The second kappa shape index (κ2) is 14.3. The molecule has 1 saturated carbocycles. The summed E-state index contributed by atoms with van der Waals surface area (Å²) in [6.07, 6.45) is 8.60. The molecule has 1 aliphatic heterocycles. The first-order chi connectivity index (χ1) is 19.3. The number of hydrogen-bond donors (Lipinski definition) is 1. The van der Waals surface area contributed by atoms with Crippen LogP contribution in [0.1, 0.15) is 75.5 Å². The Morgan fingerprint density at radius 1 is 0.900 bits per heavy atom. The van der Waals surface area contributed by atoms with Crippen molar-refractivity contribution in [2.45, 2.75) is 90.4 Å². The van der Waals surface area contributed by atoms with Crippen LogP contribution in [-0.2, 0) is 24.4 Å². The summed E-state index contributed by atoms with van der Waals surface area (Å²) in [5, 5.41) is 8.96. The van der Waals surface area contributed by atoms with Crippen LogP contribution in [0.2, 0.25) is 0 Å². The molecule has 3 aromatic rings. The Morgan fingerprint density at radius 2 is 1.65 bits per heavy atom. The molecule has 0 amide bonds. The minimum atomic E-state index is -0.816. The Hall–Kier alpha value is -3.38. The molecule has 40 heavy (non-hydrogen) atoms. The average Bonchev–Trinajstić information content (AvgIpc) is 3.84. The number of ether oxygens (including phenoxy) is 2. The third-order valence-corrected chi connectivity index (χ3v) is 7.65. The van der Waals surface area contributed by atoms with Crippen LogP contribution in [0.4, 0.5) is 4.39 Å². The second-order valence-electron chi connectivity index (χ2n) is 11.0. The Labute approximate surface area is 237 Å². The zero-order valence-electron chi connectivity index (χ0n) is 24.0. The van der Waals surface area contributed by atoms with Crippen LogP contribution < -0.4 is 9.47 Å². The van der Waals surface area contributed by atoms with Crippen molar-refractivity contribution in [1.29, 1.82) is 0 Å². The molecule has 1 N–H and O–H groups in total. The molecule has 5 nitrogen and oxygen atoms in total. The van der Waals surface area contributed by atoms with E-state index >= 15 is 0 Å². The van der Waals surface area contributed by atoms with E-state index in [1.54, 1.807) is 19.2 Å². The zero-order chi connectivity index (χ0) is 28.5. The first kappa shape index (κ1) is 29.6. The van der Waals surface area contributed by atoms with Crippen molar-refractivity contribution >= 4 is 5.97 Å². The van der Waals surface area contributed by atoms with Gasteiger partial charge < -0.3 is 14.6 Å². The zero-order valence-corrected chi connectivity index (χ0v) is 24.0. The Kier molecular flexibility index (Phi) is 10.6. The molecule has 0 radical (unpaired) electrons. The Balaban J connectivity index is 0.00000115. The number of carbonyl (C=O) groups is 1. The van der Waals surface area contributed by atoms with E-state index in [-0.39, 0.29) is 12.2 Å². The SMILES string of the molecule is C1CC1.COc1ccc(F)c(-c2ccc(COc3cccc(CCC(=O)O)c3)cc2CN2C(C)CCCC2C)c1. The number of methoxy groups -OCH3 is 1. The second-order valence-corrected chi connectivity index (χ2v) is 11.0. The predicted molar refractivity (Wildman–Crippen MR) is 157 cm³/mol. The molecule has 0 spiro atoms. The van der Waals surface area contributed by atoms with Gasteiger partial charge in [0.25, 0.3) is 0 Å². The molecule has 5 rings (SSSR count). The highest BCUT2D eigenvalue weighted by atomic mass is 19.1. The Morgan fingerprint density at radius 3 is 2.33 bits per heavy atom. The molecule has 1 saturated heterocycles. The maximum Gasteiger partial charge on any atom is 0.303 e. The van der Waals surface area contributed by atoms with Crippen molar-refractivity contribution < 1.29 is 23.8 Å². The van der Waals surface area contributed by atoms with E-state index in [1.807, 2.05) is 36.4 Å². The quantitative estimate of drug-likeness (QED) is 0.278. The van der Waals surface area contributed by atoms with Gasteiger partial charge in [-0.15, -0.1) is 0 Å². The molecule has 0 aromatic heterocycles. The lowest BCUT2D eigenvalue weighted by Gasteiger charge is -2.39. The van der Waals surface area contributed by atoms with E-state index in [0.29, 0.717) is 42.2 Å². The predicted octanol–water partition coefficient (Wildman–Crippen LogP) is 8.03. The van der Waals surface area contributed by atoms with Gasteiger partial charge in [-0.05, 0) is 85.7 Å². The molecule has 2 fully saturated rings. The number of piperidine rings is 1. The molecule has 6 heteroatoms. The fourth-order valence-electron chi connectivity index (χ4n) is 5.16. The molecule has 214 valence electrons. The summed E-state index contributed by atoms with van der Waals surface area (Å²) in [7, 11) is 1.59. The monoisotopic (exact) mass is 547 g/mol. The third-order valence-electron chi connectivity index (χ3n) is 7.65. The van der Waals surface area contributed by atoms with Gasteiger partial charge in [0.2, 0.25) is 0 Å². The van der Waals surface area contributed by atoms with Crippen LogP contribution in [0.25, 0.3) is 11.1 Å². The highest BCUT2D eigenvalue weighted by molar-refractivity contribution is 5.70. The molecule has 2 unspecified atom stereocenters. The summed E-state index contributed by atoms with van der Waals surface area (Å²) >= 11 is 0. The van der Waals surface area contributed by atoms with Crippen molar-refractivity contribution in [1.82, 2.24) is 4.90 Å². The average molecular weight is 548 g/mol. The summed E-state index contributed by atoms with van der Waals surface area (Å²) in [6.45, 7) is 5.63. The van der Waals surface area contributed by atoms with Gasteiger partial charge in [0.15, 0.2) is 0 Å². The van der Waals surface area contributed by atoms with Gasteiger partial charge >= 0.3 is 5.97 Å². The lowest BCUT2D eigenvalue weighted by molar-refractivity contribution is -0.136. The minimum Gasteiger partial charge on any atom is -0.497 e. The topological polar surface area (TPSA) is 59.0 Å². The van der Waals surface area contributed by atoms with E-state index in [9.17, 15) is 9.18 Å². The van der Waals surface area contributed by atoms with Gasteiger partial charge in [0.05, 0.1) is 7.11 Å². The molecule has 0 bridgehead atoms. The van der Waals surface area contributed by atoms with Crippen molar-refractivity contribution in [3.63, 3.8) is 0 Å². The number of carboxylic acid groups (broad SMARTS) is 1. The number of nitrogens with zero attached hydrogens (tertiary/aromatic N) is 1. The highest BCUT2D eigenvalue weighted by Gasteiger charge is 2.26. The van der Waals surface area contributed by atoms with Gasteiger partial charge in [-0.2, -0.15) is 0 Å². The van der Waals surface area contributed by atoms with Crippen LogP contribution in [0, 0.1) is 5.82 Å². The van der Waals surface area contributed by atoms with Crippen LogP contribution in [0.3, 0.4) is 0 Å². The Bertz CT molecular complexity index is 1260. The number of aliphatic carboxylic acids is 1. The fourth-order valence-corrected chi connectivity index (χ4v) is 5.16. The van der Waals surface area contributed by atoms with Gasteiger partial charge in [-0.1, -0.05) is 56.0 Å². The molecular weight excluding hydrogens is 505 g/mol. The third kappa shape index (κ3) is 8.56. The van der Waals surface area contributed by atoms with Crippen molar-refractivity contribution in [2.24, 2.45) is 0 Å². The molecule has 1 heterocycles. The van der Waals surface area contributed by atoms with E-state index < -0.39 is 5.97 Å². The van der Waals surface area contributed by atoms with E-state index in [0.717, 1.165) is 41.6 Å². The maximum atomic E-state index is 15.0. The summed E-state index contributed by atoms with van der Waals surface area (Å²) in [5.74, 6) is 0.232. The van der Waals surface area contributed by atoms with Crippen molar-refractivity contribution in [2.75, 3.05) is 7.11 Å². The van der Waals surface area contributed by atoms with Gasteiger partial charge in [0, 0.05) is 30.6 Å². The number of carboxylic acids is 1. The van der Waals surface area contributed by atoms with Crippen LogP contribution >= 0.6 is 0 Å². The lowest BCUT2D eigenvalue weighted by Crippen LogP contribution is -2.43. The molecular formula is C34H42FNO4. The number of rotatable bonds is 10. The van der Waals surface area contributed by atoms with Crippen LogP contribution in [0.15, 0.2) is 60.7 Å². The van der Waals surface area contributed by atoms with Gasteiger partial charge in [-0.25, -0.2) is 4.39 Å². The normalized spacial score (nSPS) is 18.4. The fraction of sp³-hybridized carbons (Fsp3) is 0.441. The molecule has 2 aliphatic rings. The number of hydrogen-bond acceptors (Lipinski definition) is 4. The highest BCUT2D eigenvalue weighted by Crippen LogP contribution is 2.34. The lowest BCUT2D eigenvalue weighted by atomic mass is 9.93. The van der Waals surface area contributed by atoms with E-state index in [4.69, 9.17) is 14.6 Å². The number of aryl methyl sites for hydroxylation is 1.